The van der Waals surface area contributed by atoms with Gasteiger partial charge in [-0.1, -0.05) is 12.3 Å². The Balaban J connectivity index is 3.54. The largest absolute Gasteiger partial charge is 0.384 e. The fraction of sp³-hybridized carbons (Fsp3) is 0. The van der Waals surface area contributed by atoms with Crippen LogP contribution in [0.2, 0.25) is 0 Å². The summed E-state index contributed by atoms with van der Waals surface area (Å²) in [5.74, 6) is 0. The summed E-state index contributed by atoms with van der Waals surface area (Å²) >= 11 is 0. The Morgan fingerprint density at radius 2 is 2.29 bits per heavy atom. The summed E-state index contributed by atoms with van der Waals surface area (Å²) in [6.07, 6.45) is 0.867. The SMILES string of the molecule is C=C=CO[SH](=O)=O. The van der Waals surface area contributed by atoms with Gasteiger partial charge in [0.2, 0.25) is 0 Å². The molecule has 0 bridgehead atoms. The van der Waals surface area contributed by atoms with Gasteiger partial charge in [0.25, 0.3) is 11.0 Å². The van der Waals surface area contributed by atoms with Crippen LogP contribution in [0.15, 0.2) is 18.6 Å². The monoisotopic (exact) mass is 120 g/mol. The first kappa shape index (κ1) is 6.27. The van der Waals surface area contributed by atoms with Crippen LogP contribution >= 0.6 is 0 Å². The van der Waals surface area contributed by atoms with Crippen LogP contribution in [0.4, 0.5) is 0 Å². The lowest BCUT2D eigenvalue weighted by Crippen LogP contribution is -1.72. The second-order valence-electron chi connectivity index (χ2n) is 0.651. The molecule has 0 amide bonds. The molecule has 3 nitrogen and oxygen atoms in total. The van der Waals surface area contributed by atoms with E-state index in [0.29, 0.717) is 0 Å². The Labute approximate surface area is 43.1 Å². The topological polar surface area (TPSA) is 43.4 Å². The Bertz CT molecular complexity index is 144. The zero-order valence-electron chi connectivity index (χ0n) is 3.46. The van der Waals surface area contributed by atoms with Gasteiger partial charge in [0.05, 0.1) is 0 Å². The summed E-state index contributed by atoms with van der Waals surface area (Å²) in [7, 11) is -2.76. The van der Waals surface area contributed by atoms with Crippen molar-refractivity contribution in [1.29, 1.82) is 0 Å². The average Bonchev–Trinajstić information content (AvgIpc) is 1.61. The fourth-order valence-electron chi connectivity index (χ4n) is 0.0803. The van der Waals surface area contributed by atoms with Gasteiger partial charge in [0.15, 0.2) is 0 Å². The summed E-state index contributed by atoms with van der Waals surface area (Å²) in [5, 5.41) is 0. The van der Waals surface area contributed by atoms with Crippen molar-refractivity contribution in [3.63, 3.8) is 0 Å². The molecule has 0 aromatic carbocycles. The molecule has 0 aliphatic heterocycles. The highest BCUT2D eigenvalue weighted by atomic mass is 32.2. The van der Waals surface area contributed by atoms with E-state index in [-0.39, 0.29) is 0 Å². The van der Waals surface area contributed by atoms with E-state index in [1.54, 1.807) is 0 Å². The molecule has 0 N–H and O–H groups in total. The molecule has 7 heavy (non-hydrogen) atoms. The molecular formula is C3H4O3S. The standard InChI is InChI=1S/C3H4O3S/c1-2-3-6-7(4)5/h3,7H,1H2. The van der Waals surface area contributed by atoms with E-state index in [4.69, 9.17) is 0 Å². The van der Waals surface area contributed by atoms with Gasteiger partial charge in [-0.05, 0) is 0 Å². The molecule has 0 saturated heterocycles. The maximum atomic E-state index is 9.47. The Morgan fingerprint density at radius 1 is 1.71 bits per heavy atom. The summed E-state index contributed by atoms with van der Waals surface area (Å²) in [6.45, 7) is 3.06. The first-order valence-corrected chi connectivity index (χ1v) is 2.52. The third-order valence-corrected chi connectivity index (χ3v) is 0.500. The first-order chi connectivity index (χ1) is 3.27. The minimum atomic E-state index is -2.76. The molecule has 0 aromatic heterocycles. The molecule has 0 saturated carbocycles. The lowest BCUT2D eigenvalue weighted by molar-refractivity contribution is 0.467. The molecule has 0 unspecified atom stereocenters. The minimum absolute atomic E-state index is 0.867. The minimum Gasteiger partial charge on any atom is -0.384 e. The molecule has 0 aliphatic rings. The average molecular weight is 120 g/mol. The van der Waals surface area contributed by atoms with Crippen LogP contribution in [0.1, 0.15) is 0 Å². The van der Waals surface area contributed by atoms with Gasteiger partial charge in [-0.25, -0.2) is 0 Å². The van der Waals surface area contributed by atoms with E-state index in [2.05, 4.69) is 16.5 Å². The highest BCUT2D eigenvalue weighted by Crippen LogP contribution is 1.68. The van der Waals surface area contributed by atoms with Crippen LogP contribution in [-0.2, 0) is 15.2 Å². The van der Waals surface area contributed by atoms with Crippen LogP contribution in [-0.4, -0.2) is 8.42 Å². The van der Waals surface area contributed by atoms with Crippen molar-refractivity contribution in [2.75, 3.05) is 0 Å². The lowest BCUT2D eigenvalue weighted by Gasteiger charge is -1.75. The molecule has 0 radical (unpaired) electrons. The molecule has 40 valence electrons. The zero-order valence-corrected chi connectivity index (χ0v) is 4.35. The summed E-state index contributed by atoms with van der Waals surface area (Å²) in [6, 6.07) is 0. The Hall–Kier alpha value is -0.730. The molecule has 4 heteroatoms. The third-order valence-electron chi connectivity index (χ3n) is 0.222. The van der Waals surface area contributed by atoms with Crippen molar-refractivity contribution in [3.8, 4) is 0 Å². The van der Waals surface area contributed by atoms with Crippen LogP contribution in [0, 0.1) is 0 Å². The molecule has 0 spiro atoms. The van der Waals surface area contributed by atoms with Crippen molar-refractivity contribution in [1.82, 2.24) is 0 Å². The van der Waals surface area contributed by atoms with E-state index < -0.39 is 11.0 Å². The maximum absolute atomic E-state index is 9.47. The van der Waals surface area contributed by atoms with Crippen LogP contribution in [0.5, 0.6) is 0 Å². The second kappa shape index (κ2) is 3.46. The summed E-state index contributed by atoms with van der Waals surface area (Å²) < 4.78 is 22.8. The summed E-state index contributed by atoms with van der Waals surface area (Å²) in [5.41, 5.74) is 2.12. The van der Waals surface area contributed by atoms with E-state index in [0.717, 1.165) is 6.26 Å². The zero-order chi connectivity index (χ0) is 5.70. The Morgan fingerprint density at radius 3 is 2.43 bits per heavy atom. The van der Waals surface area contributed by atoms with Crippen molar-refractivity contribution in [2.45, 2.75) is 0 Å². The number of thiol groups is 1. The van der Waals surface area contributed by atoms with Crippen molar-refractivity contribution >= 4 is 11.0 Å². The van der Waals surface area contributed by atoms with Gasteiger partial charge < -0.3 is 4.18 Å². The van der Waals surface area contributed by atoms with E-state index in [9.17, 15) is 8.42 Å². The van der Waals surface area contributed by atoms with Gasteiger partial charge in [0.1, 0.15) is 6.26 Å². The first-order valence-electron chi connectivity index (χ1n) is 1.43. The normalized spacial score (nSPS) is 7.57. The van der Waals surface area contributed by atoms with Crippen LogP contribution in [0.25, 0.3) is 0 Å². The highest BCUT2D eigenvalue weighted by Gasteiger charge is 1.67. The summed E-state index contributed by atoms with van der Waals surface area (Å²) in [4.78, 5) is 0. The molecule has 0 fully saturated rings. The van der Waals surface area contributed by atoms with Gasteiger partial charge in [-0.15, -0.1) is 0 Å². The molecule has 0 aromatic rings. The van der Waals surface area contributed by atoms with Crippen LogP contribution < -0.4 is 0 Å². The number of rotatable bonds is 2. The van der Waals surface area contributed by atoms with Crippen molar-refractivity contribution < 1.29 is 12.6 Å². The highest BCUT2D eigenvalue weighted by molar-refractivity contribution is 7.67. The van der Waals surface area contributed by atoms with Gasteiger partial charge in [-0.3, -0.25) is 0 Å². The predicted octanol–water partition coefficient (Wildman–Crippen LogP) is -0.172. The van der Waals surface area contributed by atoms with Crippen LogP contribution in [0.3, 0.4) is 0 Å². The Kier molecular flexibility index (Phi) is 3.10. The van der Waals surface area contributed by atoms with Crippen molar-refractivity contribution in [2.24, 2.45) is 0 Å². The lowest BCUT2D eigenvalue weighted by atomic mass is 11.0. The molecule has 0 rings (SSSR count). The quantitative estimate of drug-likeness (QED) is 0.312. The number of hydrogen-bond acceptors (Lipinski definition) is 3. The van der Waals surface area contributed by atoms with E-state index >= 15 is 0 Å². The maximum Gasteiger partial charge on any atom is 0.299 e. The smallest absolute Gasteiger partial charge is 0.299 e. The van der Waals surface area contributed by atoms with Gasteiger partial charge >= 0.3 is 0 Å². The number of hydrogen-bond donors (Lipinski definition) is 1. The fourth-order valence-corrected chi connectivity index (χ4v) is 0.241. The molecule has 0 atom stereocenters. The molecule has 0 aliphatic carbocycles. The van der Waals surface area contributed by atoms with Gasteiger partial charge in [-0.2, -0.15) is 8.42 Å². The van der Waals surface area contributed by atoms with Gasteiger partial charge in [0, 0.05) is 0 Å². The van der Waals surface area contributed by atoms with E-state index in [1.165, 1.54) is 0 Å². The van der Waals surface area contributed by atoms with Crippen molar-refractivity contribution in [3.05, 3.63) is 18.6 Å². The van der Waals surface area contributed by atoms with E-state index in [1.807, 2.05) is 0 Å². The molecule has 0 heterocycles. The third kappa shape index (κ3) is 5.27. The second-order valence-corrected chi connectivity index (χ2v) is 1.31. The predicted molar refractivity (Wildman–Crippen MR) is 25.1 cm³/mol. The molecular weight excluding hydrogens is 116 g/mol.